The highest BCUT2D eigenvalue weighted by molar-refractivity contribution is 8.00. The Morgan fingerprint density at radius 2 is 1.82 bits per heavy atom. The van der Waals surface area contributed by atoms with Crippen molar-refractivity contribution in [1.82, 2.24) is 14.8 Å². The third kappa shape index (κ3) is 5.48. The number of morpholine rings is 1. The highest BCUT2D eigenvalue weighted by Crippen LogP contribution is 2.30. The minimum atomic E-state index is -0.178. The van der Waals surface area contributed by atoms with Gasteiger partial charge in [-0.25, -0.2) is 0 Å². The summed E-state index contributed by atoms with van der Waals surface area (Å²) >= 11 is 1.55. The molecule has 2 aromatic carbocycles. The SMILES string of the molecule is COc1ccc(C(=O)NCCn2cc(SCC(=O)N3CCOCC3)c3ccccc32)cc1OC. The largest absolute Gasteiger partial charge is 0.493 e. The number of aromatic nitrogens is 1. The van der Waals surface area contributed by atoms with Gasteiger partial charge in [-0.2, -0.15) is 0 Å². The molecular formula is C25H29N3O5S. The van der Waals surface area contributed by atoms with Crippen molar-refractivity contribution in [3.05, 3.63) is 54.2 Å². The number of benzene rings is 2. The highest BCUT2D eigenvalue weighted by atomic mass is 32.2. The van der Waals surface area contributed by atoms with E-state index in [0.717, 1.165) is 15.8 Å². The van der Waals surface area contributed by atoms with Crippen LogP contribution in [-0.2, 0) is 16.1 Å². The van der Waals surface area contributed by atoms with E-state index in [0.29, 0.717) is 62.2 Å². The summed E-state index contributed by atoms with van der Waals surface area (Å²) in [5.41, 5.74) is 1.58. The molecule has 0 aliphatic carbocycles. The standard InChI is InChI=1S/C25H29N3O5S/c1-31-21-8-7-18(15-22(21)32-2)25(30)26-9-10-28-16-23(19-5-3-4-6-20(19)28)34-17-24(29)27-11-13-33-14-12-27/h3-8,15-16H,9-14,17H2,1-2H3,(H,26,30). The molecule has 0 spiro atoms. The number of hydrogen-bond acceptors (Lipinski definition) is 6. The van der Waals surface area contributed by atoms with E-state index in [9.17, 15) is 9.59 Å². The predicted octanol–water partition coefficient (Wildman–Crippen LogP) is 3.04. The Balaban J connectivity index is 1.38. The number of carbonyl (C=O) groups is 2. The molecule has 1 aliphatic rings. The van der Waals surface area contributed by atoms with Crippen molar-refractivity contribution in [2.45, 2.75) is 11.4 Å². The van der Waals surface area contributed by atoms with Crippen LogP contribution in [0.5, 0.6) is 11.5 Å². The van der Waals surface area contributed by atoms with Gasteiger partial charge in [0.15, 0.2) is 11.5 Å². The molecule has 0 atom stereocenters. The van der Waals surface area contributed by atoms with Crippen LogP contribution in [0.15, 0.2) is 53.6 Å². The first kappa shape index (κ1) is 24.0. The Morgan fingerprint density at radius 3 is 2.59 bits per heavy atom. The first-order chi connectivity index (χ1) is 16.6. The Bertz CT molecular complexity index is 1160. The van der Waals surface area contributed by atoms with Crippen LogP contribution in [0, 0.1) is 0 Å². The highest BCUT2D eigenvalue weighted by Gasteiger charge is 2.18. The number of nitrogens with zero attached hydrogens (tertiary/aromatic N) is 2. The molecule has 1 aliphatic heterocycles. The molecule has 1 aromatic heterocycles. The Labute approximate surface area is 203 Å². The van der Waals surface area contributed by atoms with Gasteiger partial charge in [0.1, 0.15) is 0 Å². The number of thioether (sulfide) groups is 1. The van der Waals surface area contributed by atoms with Gasteiger partial charge in [0, 0.05) is 53.7 Å². The zero-order chi connectivity index (χ0) is 23.9. The second kappa shape index (κ2) is 11.3. The lowest BCUT2D eigenvalue weighted by atomic mass is 10.2. The number of carbonyl (C=O) groups excluding carboxylic acids is 2. The molecule has 180 valence electrons. The van der Waals surface area contributed by atoms with Crippen molar-refractivity contribution in [1.29, 1.82) is 0 Å². The smallest absolute Gasteiger partial charge is 0.251 e. The molecule has 0 bridgehead atoms. The third-order valence-corrected chi connectivity index (χ3v) is 6.78. The molecule has 9 heteroatoms. The topological polar surface area (TPSA) is 82.0 Å². The molecule has 0 unspecified atom stereocenters. The number of nitrogens with one attached hydrogen (secondary N) is 1. The fraction of sp³-hybridized carbons (Fsp3) is 0.360. The van der Waals surface area contributed by atoms with Crippen LogP contribution in [-0.4, -0.2) is 74.1 Å². The first-order valence-electron chi connectivity index (χ1n) is 11.2. The molecule has 2 amide bonds. The molecule has 8 nitrogen and oxygen atoms in total. The van der Waals surface area contributed by atoms with Gasteiger partial charge in [0.2, 0.25) is 5.91 Å². The molecule has 1 fully saturated rings. The second-order valence-electron chi connectivity index (χ2n) is 7.81. The first-order valence-corrected chi connectivity index (χ1v) is 12.2. The van der Waals surface area contributed by atoms with E-state index in [4.69, 9.17) is 14.2 Å². The Kier molecular flexibility index (Phi) is 7.97. The van der Waals surface area contributed by atoms with Crippen LogP contribution in [0.1, 0.15) is 10.4 Å². The summed E-state index contributed by atoms with van der Waals surface area (Å²) in [6.07, 6.45) is 2.06. The van der Waals surface area contributed by atoms with E-state index in [1.54, 1.807) is 44.2 Å². The number of methoxy groups -OCH3 is 2. The average Bonchev–Trinajstić information content (AvgIpc) is 3.24. The second-order valence-corrected chi connectivity index (χ2v) is 8.83. The molecule has 34 heavy (non-hydrogen) atoms. The number of ether oxygens (including phenoxy) is 3. The van der Waals surface area contributed by atoms with Crippen LogP contribution in [0.25, 0.3) is 10.9 Å². The van der Waals surface area contributed by atoms with Crippen LogP contribution >= 0.6 is 11.8 Å². The summed E-state index contributed by atoms with van der Waals surface area (Å²) in [6, 6.07) is 13.2. The number of hydrogen-bond donors (Lipinski definition) is 1. The average molecular weight is 484 g/mol. The van der Waals surface area contributed by atoms with Gasteiger partial charge < -0.3 is 29.0 Å². The molecule has 3 aromatic rings. The normalized spacial score (nSPS) is 13.6. The molecule has 2 heterocycles. The minimum Gasteiger partial charge on any atom is -0.493 e. The van der Waals surface area contributed by atoms with E-state index in [1.807, 2.05) is 17.0 Å². The molecular weight excluding hydrogens is 454 g/mol. The summed E-state index contributed by atoms with van der Waals surface area (Å²) < 4.78 is 18.0. The summed E-state index contributed by atoms with van der Waals surface area (Å²) in [5, 5.41) is 4.07. The lowest BCUT2D eigenvalue weighted by Gasteiger charge is -2.26. The van der Waals surface area contributed by atoms with Crippen molar-refractivity contribution in [3.63, 3.8) is 0 Å². The minimum absolute atomic E-state index is 0.132. The molecule has 4 rings (SSSR count). The summed E-state index contributed by atoms with van der Waals surface area (Å²) in [6.45, 7) is 3.58. The van der Waals surface area contributed by atoms with Crippen molar-refractivity contribution in [2.24, 2.45) is 0 Å². The van der Waals surface area contributed by atoms with E-state index < -0.39 is 0 Å². The van der Waals surface area contributed by atoms with Crippen LogP contribution in [0.3, 0.4) is 0 Å². The summed E-state index contributed by atoms with van der Waals surface area (Å²) in [4.78, 5) is 28.1. The van der Waals surface area contributed by atoms with Crippen molar-refractivity contribution < 1.29 is 23.8 Å². The Hall–Kier alpha value is -3.17. The monoisotopic (exact) mass is 483 g/mol. The third-order valence-electron chi connectivity index (χ3n) is 5.75. The maximum Gasteiger partial charge on any atom is 0.251 e. The van der Waals surface area contributed by atoms with Gasteiger partial charge in [-0.1, -0.05) is 18.2 Å². The van der Waals surface area contributed by atoms with E-state index in [1.165, 1.54) is 0 Å². The van der Waals surface area contributed by atoms with Crippen molar-refractivity contribution >= 4 is 34.5 Å². The maximum atomic E-state index is 12.6. The quantitative estimate of drug-likeness (QED) is 0.471. The van der Waals surface area contributed by atoms with Gasteiger partial charge in [0.05, 0.1) is 33.2 Å². The van der Waals surface area contributed by atoms with E-state index in [2.05, 4.69) is 28.2 Å². The van der Waals surface area contributed by atoms with Gasteiger partial charge in [-0.05, 0) is 24.3 Å². The van der Waals surface area contributed by atoms with Gasteiger partial charge >= 0.3 is 0 Å². The van der Waals surface area contributed by atoms with E-state index >= 15 is 0 Å². The molecule has 1 N–H and O–H groups in total. The fourth-order valence-electron chi connectivity index (χ4n) is 3.93. The lowest BCUT2D eigenvalue weighted by molar-refractivity contribution is -0.132. The predicted molar refractivity (Wildman–Crippen MR) is 132 cm³/mol. The Morgan fingerprint density at radius 1 is 1.06 bits per heavy atom. The zero-order valence-corrected chi connectivity index (χ0v) is 20.2. The number of para-hydroxylation sites is 1. The lowest BCUT2D eigenvalue weighted by Crippen LogP contribution is -2.41. The van der Waals surface area contributed by atoms with Gasteiger partial charge in [0.25, 0.3) is 5.91 Å². The van der Waals surface area contributed by atoms with Crippen LogP contribution in [0.2, 0.25) is 0 Å². The molecule has 0 radical (unpaired) electrons. The molecule has 1 saturated heterocycles. The number of fused-ring (bicyclic) bond motifs is 1. The molecule has 0 saturated carbocycles. The van der Waals surface area contributed by atoms with Gasteiger partial charge in [-0.15, -0.1) is 11.8 Å². The van der Waals surface area contributed by atoms with Gasteiger partial charge in [-0.3, -0.25) is 9.59 Å². The number of amides is 2. The van der Waals surface area contributed by atoms with Crippen LogP contribution < -0.4 is 14.8 Å². The summed E-state index contributed by atoms with van der Waals surface area (Å²) in [5.74, 6) is 1.44. The summed E-state index contributed by atoms with van der Waals surface area (Å²) in [7, 11) is 3.10. The fourth-order valence-corrected chi connectivity index (χ4v) is 4.92. The van der Waals surface area contributed by atoms with Crippen LogP contribution in [0.4, 0.5) is 0 Å². The number of rotatable bonds is 9. The van der Waals surface area contributed by atoms with E-state index in [-0.39, 0.29) is 11.8 Å². The maximum absolute atomic E-state index is 12.6. The van der Waals surface area contributed by atoms with Crippen molar-refractivity contribution in [3.8, 4) is 11.5 Å². The van der Waals surface area contributed by atoms with Crippen molar-refractivity contribution in [2.75, 3.05) is 52.8 Å². The zero-order valence-electron chi connectivity index (χ0n) is 19.4.